The van der Waals surface area contributed by atoms with Crippen LogP contribution in [0.4, 0.5) is 0 Å². The van der Waals surface area contributed by atoms with Crippen LogP contribution in [-0.2, 0) is 20.9 Å². The number of ether oxygens (including phenoxy) is 1. The third-order valence-corrected chi connectivity index (χ3v) is 4.37. The zero-order valence-corrected chi connectivity index (χ0v) is 15.1. The lowest BCUT2D eigenvalue weighted by Crippen LogP contribution is -2.34. The number of aromatic nitrogens is 1. The van der Waals surface area contributed by atoms with E-state index >= 15 is 0 Å². The Morgan fingerprint density at radius 3 is 2.50 bits per heavy atom. The zero-order chi connectivity index (χ0) is 20.1. The minimum absolute atomic E-state index is 0.0200. The number of nitrogens with zero attached hydrogens (tertiary/aromatic N) is 1. The highest BCUT2D eigenvalue weighted by Crippen LogP contribution is 2.25. The van der Waals surface area contributed by atoms with Gasteiger partial charge < -0.3 is 24.8 Å². The summed E-state index contributed by atoms with van der Waals surface area (Å²) in [7, 11) is 0. The van der Waals surface area contributed by atoms with Crippen LogP contribution in [-0.4, -0.2) is 52.2 Å². The second-order valence-electron chi connectivity index (χ2n) is 6.21. The Morgan fingerprint density at radius 2 is 1.79 bits per heavy atom. The molecule has 2 aromatic rings. The molecule has 1 aromatic carbocycles. The number of carbonyl (C=O) groups excluding carboxylic acids is 2. The molecule has 0 fully saturated rings. The predicted molar refractivity (Wildman–Crippen MR) is 99.9 cm³/mol. The van der Waals surface area contributed by atoms with Crippen LogP contribution in [0.2, 0.25) is 0 Å². The number of fused-ring (bicyclic) bond motifs is 1. The van der Waals surface area contributed by atoms with Crippen molar-refractivity contribution in [3.63, 3.8) is 0 Å². The lowest BCUT2D eigenvalue weighted by Gasteiger charge is -2.17. The van der Waals surface area contributed by atoms with E-state index in [1.54, 1.807) is 16.7 Å². The van der Waals surface area contributed by atoms with Crippen molar-refractivity contribution in [2.24, 2.45) is 0 Å². The smallest absolute Gasteiger partial charge is 0.322 e. The first kappa shape index (κ1) is 19.4. The fraction of sp³-hybridized carbons (Fsp3) is 0.250. The van der Waals surface area contributed by atoms with Gasteiger partial charge in [0.1, 0.15) is 17.9 Å². The van der Waals surface area contributed by atoms with Crippen LogP contribution in [0.1, 0.15) is 16.9 Å². The first-order chi connectivity index (χ1) is 13.5. The molecule has 2 heterocycles. The lowest BCUT2D eigenvalue weighted by atomic mass is 10.0. The largest absolute Gasteiger partial charge is 0.511 e. The van der Waals surface area contributed by atoms with Crippen LogP contribution >= 0.6 is 0 Å². The van der Waals surface area contributed by atoms with E-state index in [2.05, 4.69) is 5.32 Å². The van der Waals surface area contributed by atoms with Crippen LogP contribution in [0.3, 0.4) is 0 Å². The van der Waals surface area contributed by atoms with Gasteiger partial charge in [-0.15, -0.1) is 0 Å². The van der Waals surface area contributed by atoms with Crippen molar-refractivity contribution in [3.05, 3.63) is 59.5 Å². The van der Waals surface area contributed by atoms with Crippen molar-refractivity contribution in [2.45, 2.75) is 13.0 Å². The van der Waals surface area contributed by atoms with E-state index in [9.17, 15) is 19.5 Å². The molecule has 0 unspecified atom stereocenters. The first-order valence-electron chi connectivity index (χ1n) is 8.78. The average molecular weight is 384 g/mol. The summed E-state index contributed by atoms with van der Waals surface area (Å²) in [6.45, 7) is 0.202. The van der Waals surface area contributed by atoms with Crippen molar-refractivity contribution in [1.82, 2.24) is 9.88 Å². The monoisotopic (exact) mass is 384 g/mol. The molecule has 0 saturated heterocycles. The van der Waals surface area contributed by atoms with Gasteiger partial charge in [0, 0.05) is 18.7 Å². The number of aliphatic hydroxyl groups excluding tert-OH is 1. The van der Waals surface area contributed by atoms with E-state index in [-0.39, 0.29) is 18.7 Å². The number of carboxylic acids is 1. The highest BCUT2D eigenvalue weighted by atomic mass is 16.5. The number of aliphatic carboxylic acids is 1. The summed E-state index contributed by atoms with van der Waals surface area (Å²) in [5.74, 6) is -3.27. The first-order valence-corrected chi connectivity index (χ1v) is 8.78. The molecular formula is C20H20N2O6. The van der Waals surface area contributed by atoms with Crippen LogP contribution < -0.4 is 5.32 Å². The third kappa shape index (κ3) is 4.12. The van der Waals surface area contributed by atoms with Gasteiger partial charge in [0.25, 0.3) is 5.91 Å². The SMILES string of the molecule is O=C(O)CNC(=O)/C1=C(\O)CCOCCn2c(ccc2-c2ccccc2)C1=O. The summed E-state index contributed by atoms with van der Waals surface area (Å²) in [6.07, 6.45) is -0.0200. The molecule has 3 rings (SSSR count). The molecule has 146 valence electrons. The van der Waals surface area contributed by atoms with Gasteiger partial charge >= 0.3 is 5.97 Å². The number of nitrogens with one attached hydrogen (secondary N) is 1. The highest BCUT2D eigenvalue weighted by Gasteiger charge is 2.28. The van der Waals surface area contributed by atoms with Crippen molar-refractivity contribution >= 4 is 17.7 Å². The summed E-state index contributed by atoms with van der Waals surface area (Å²) in [5, 5.41) is 21.2. The van der Waals surface area contributed by atoms with E-state index in [1.165, 1.54) is 0 Å². The van der Waals surface area contributed by atoms with Crippen LogP contribution in [0, 0.1) is 0 Å². The number of benzene rings is 1. The molecule has 0 aliphatic carbocycles. The van der Waals surface area contributed by atoms with Crippen molar-refractivity contribution < 1.29 is 29.3 Å². The van der Waals surface area contributed by atoms with Crippen LogP contribution in [0.15, 0.2) is 53.8 Å². The molecule has 0 bridgehead atoms. The molecule has 1 amide bonds. The normalized spacial score (nSPS) is 17.6. The number of rotatable bonds is 4. The summed E-state index contributed by atoms with van der Waals surface area (Å²) < 4.78 is 7.24. The average Bonchev–Trinajstić information content (AvgIpc) is 3.10. The fourth-order valence-electron chi connectivity index (χ4n) is 3.06. The molecule has 28 heavy (non-hydrogen) atoms. The molecule has 0 saturated carbocycles. The number of hydrogen-bond acceptors (Lipinski definition) is 5. The molecule has 0 atom stereocenters. The standard InChI is InChI=1S/C20H20N2O6/c23-16-8-10-28-11-9-22-14(13-4-2-1-3-5-13)6-7-15(22)19(26)18(16)20(27)21-12-17(24)25/h1-7,23H,8-12H2,(H,21,27)(H,24,25)/b18-16-. The summed E-state index contributed by atoms with van der Waals surface area (Å²) in [4.78, 5) is 36.2. The quantitative estimate of drug-likeness (QED) is 0.692. The maximum Gasteiger partial charge on any atom is 0.322 e. The molecule has 1 aliphatic rings. The van der Waals surface area contributed by atoms with E-state index in [4.69, 9.17) is 9.84 Å². The lowest BCUT2D eigenvalue weighted by molar-refractivity contribution is -0.137. The maximum atomic E-state index is 13.1. The Morgan fingerprint density at radius 1 is 1.07 bits per heavy atom. The van der Waals surface area contributed by atoms with Gasteiger partial charge in [-0.1, -0.05) is 30.3 Å². The van der Waals surface area contributed by atoms with E-state index in [0.717, 1.165) is 11.3 Å². The Balaban J connectivity index is 2.04. The van der Waals surface area contributed by atoms with Gasteiger partial charge in [-0.05, 0) is 17.7 Å². The minimum atomic E-state index is -1.25. The van der Waals surface area contributed by atoms with E-state index in [0.29, 0.717) is 13.2 Å². The van der Waals surface area contributed by atoms with Crippen molar-refractivity contribution in [1.29, 1.82) is 0 Å². The number of amides is 1. The predicted octanol–water partition coefficient (Wildman–Crippen LogP) is 1.77. The summed E-state index contributed by atoms with van der Waals surface area (Å²) in [6, 6.07) is 12.8. The number of carboxylic acid groups (broad SMARTS) is 1. The number of carbonyl (C=O) groups is 3. The maximum absolute atomic E-state index is 13.1. The third-order valence-electron chi connectivity index (χ3n) is 4.37. The van der Waals surface area contributed by atoms with Gasteiger partial charge in [-0.25, -0.2) is 0 Å². The van der Waals surface area contributed by atoms with Crippen LogP contribution in [0.5, 0.6) is 0 Å². The van der Waals surface area contributed by atoms with Gasteiger partial charge in [-0.2, -0.15) is 0 Å². The van der Waals surface area contributed by atoms with Gasteiger partial charge in [0.15, 0.2) is 0 Å². The topological polar surface area (TPSA) is 118 Å². The second kappa shape index (κ2) is 8.53. The second-order valence-corrected chi connectivity index (χ2v) is 6.21. The van der Waals surface area contributed by atoms with E-state index < -0.39 is 35.5 Å². The van der Waals surface area contributed by atoms with Gasteiger partial charge in [0.05, 0.1) is 18.9 Å². The van der Waals surface area contributed by atoms with Gasteiger partial charge in [0.2, 0.25) is 5.78 Å². The molecule has 1 aliphatic heterocycles. The van der Waals surface area contributed by atoms with Crippen LogP contribution in [0.25, 0.3) is 11.3 Å². The summed E-state index contributed by atoms with van der Waals surface area (Å²) >= 11 is 0. The number of hydrogen-bond donors (Lipinski definition) is 3. The van der Waals surface area contributed by atoms with E-state index in [1.807, 2.05) is 30.3 Å². The number of ketones is 1. The number of aliphatic hydroxyl groups is 1. The molecular weight excluding hydrogens is 364 g/mol. The fourth-order valence-corrected chi connectivity index (χ4v) is 3.06. The highest BCUT2D eigenvalue weighted by molar-refractivity contribution is 6.25. The number of Topliss-reactive ketones (excluding diaryl/α,β-unsaturated/α-hetero) is 1. The Hall–Kier alpha value is -3.39. The van der Waals surface area contributed by atoms with Crippen molar-refractivity contribution in [2.75, 3.05) is 19.8 Å². The molecule has 0 spiro atoms. The molecule has 3 N–H and O–H groups in total. The van der Waals surface area contributed by atoms with Crippen molar-refractivity contribution in [3.8, 4) is 11.3 Å². The van der Waals surface area contributed by atoms with Gasteiger partial charge in [-0.3, -0.25) is 14.4 Å². The molecule has 0 radical (unpaired) electrons. The molecule has 1 aromatic heterocycles. The molecule has 8 nitrogen and oxygen atoms in total. The Bertz CT molecular complexity index is 929. The zero-order valence-electron chi connectivity index (χ0n) is 15.1. The molecule has 8 heteroatoms. The Labute approximate surface area is 161 Å². The summed E-state index contributed by atoms with van der Waals surface area (Å²) in [5.41, 5.74) is 1.42. The minimum Gasteiger partial charge on any atom is -0.511 e. The Kier molecular flexibility index (Phi) is 5.90.